The van der Waals surface area contributed by atoms with Gasteiger partial charge in [-0.2, -0.15) is 0 Å². The summed E-state index contributed by atoms with van der Waals surface area (Å²) in [5, 5.41) is 0. The second-order valence-corrected chi connectivity index (χ2v) is 5.57. The summed E-state index contributed by atoms with van der Waals surface area (Å²) < 4.78 is 0. The Balaban J connectivity index is 0.000000640. The van der Waals surface area contributed by atoms with E-state index in [1.165, 1.54) is 39.3 Å². The van der Waals surface area contributed by atoms with E-state index in [-0.39, 0.29) is 49.2 Å². The number of hydrogen-bond donors (Lipinski definition) is 0. The van der Waals surface area contributed by atoms with Crippen molar-refractivity contribution >= 4 is 24.4 Å². The number of hydrogen-bond acceptors (Lipinski definition) is 0. The van der Waals surface area contributed by atoms with Crippen LogP contribution in [0.2, 0.25) is 0 Å². The first-order valence-corrected chi connectivity index (χ1v) is 7.10. The summed E-state index contributed by atoms with van der Waals surface area (Å²) in [5.74, 6) is 1.81. The molecule has 0 saturated heterocycles. The molecule has 0 saturated carbocycles. The van der Waals surface area contributed by atoms with Crippen molar-refractivity contribution in [2.45, 2.75) is 5.92 Å². The van der Waals surface area contributed by atoms with Crippen molar-refractivity contribution in [1.82, 2.24) is 0 Å². The third-order valence-corrected chi connectivity index (χ3v) is 4.62. The van der Waals surface area contributed by atoms with Crippen LogP contribution in [-0.4, -0.2) is 24.4 Å². The Labute approximate surface area is 166 Å². The van der Waals surface area contributed by atoms with Gasteiger partial charge in [0.2, 0.25) is 0 Å². The molecule has 3 aromatic carbocycles. The van der Waals surface area contributed by atoms with E-state index in [2.05, 4.69) is 72.8 Å². The molecule has 6 rings (SSSR count). The minimum atomic E-state index is 0. The van der Waals surface area contributed by atoms with Crippen LogP contribution < -0.4 is 24.8 Å². The van der Waals surface area contributed by atoms with Crippen LogP contribution in [0.3, 0.4) is 0 Å². The Morgan fingerprint density at radius 1 is 0.478 bits per heavy atom. The van der Waals surface area contributed by atoms with E-state index in [0.29, 0.717) is 5.92 Å². The monoisotopic (exact) mass is 444 g/mol. The summed E-state index contributed by atoms with van der Waals surface area (Å²) in [6.45, 7) is 0. The Hall–Kier alpha value is -0.942. The molecule has 3 aromatic rings. The van der Waals surface area contributed by atoms with E-state index in [1.807, 2.05) is 0 Å². The van der Waals surface area contributed by atoms with E-state index >= 15 is 0 Å². The van der Waals surface area contributed by atoms with Crippen molar-refractivity contribution in [1.29, 1.82) is 0 Å². The van der Waals surface area contributed by atoms with Gasteiger partial charge in [0.25, 0.3) is 0 Å². The first-order valence-electron chi connectivity index (χ1n) is 7.10. The normalized spacial score (nSPS) is 13.6. The largest absolute Gasteiger partial charge is 1.00 e. The van der Waals surface area contributed by atoms with Gasteiger partial charge in [0.1, 0.15) is 0 Å². The van der Waals surface area contributed by atoms with Gasteiger partial charge in [0.05, 0.1) is 5.92 Å². The van der Waals surface area contributed by atoms with Gasteiger partial charge in [-0.15, -0.1) is 0 Å². The minimum absolute atomic E-state index is 0. The zero-order valence-electron chi connectivity index (χ0n) is 12.2. The summed E-state index contributed by atoms with van der Waals surface area (Å²) in [5.41, 5.74) is 8.61. The molecule has 23 heavy (non-hydrogen) atoms. The fourth-order valence-corrected chi connectivity index (χ4v) is 3.87. The van der Waals surface area contributed by atoms with Crippen LogP contribution in [0.4, 0.5) is 0 Å². The third kappa shape index (κ3) is 2.43. The van der Waals surface area contributed by atoms with Crippen molar-refractivity contribution in [3.8, 4) is 0 Å². The molecule has 0 heterocycles. The molecule has 0 fully saturated rings. The Bertz CT molecular complexity index is 662. The molecule has 114 valence electrons. The fourth-order valence-electron chi connectivity index (χ4n) is 3.87. The Morgan fingerprint density at radius 2 is 0.783 bits per heavy atom. The maximum absolute atomic E-state index is 2.28. The summed E-state index contributed by atoms with van der Waals surface area (Å²) in [7, 11) is 0. The topological polar surface area (TPSA) is 0 Å². The van der Waals surface area contributed by atoms with Crippen molar-refractivity contribution in [2.75, 3.05) is 0 Å². The Morgan fingerprint density at radius 3 is 1.13 bits per heavy atom. The molecule has 0 spiro atoms. The molecule has 0 nitrogen and oxygen atoms in total. The van der Waals surface area contributed by atoms with Crippen LogP contribution in [0.1, 0.15) is 39.3 Å². The minimum Gasteiger partial charge on any atom is -1.00 e. The second kappa shape index (κ2) is 6.89. The molecule has 0 aliphatic heterocycles. The molecule has 3 aliphatic rings. The fraction of sp³-hybridized carbons (Fsp3) is 0.0500. The van der Waals surface area contributed by atoms with Crippen molar-refractivity contribution in [3.63, 3.8) is 0 Å². The van der Waals surface area contributed by atoms with E-state index in [0.717, 1.165) is 0 Å². The van der Waals surface area contributed by atoms with Gasteiger partial charge in [0.15, 0.2) is 0 Å². The number of halogens is 2. The quantitative estimate of drug-likeness (QED) is 0.245. The van der Waals surface area contributed by atoms with Crippen LogP contribution in [0.5, 0.6) is 0 Å². The molecule has 2 bridgehead atoms. The summed E-state index contributed by atoms with van der Waals surface area (Å²) in [6, 6.07) is 26.6. The van der Waals surface area contributed by atoms with Crippen LogP contribution in [0.15, 0.2) is 72.8 Å². The van der Waals surface area contributed by atoms with E-state index in [9.17, 15) is 0 Å². The van der Waals surface area contributed by atoms with E-state index in [1.54, 1.807) is 0 Å². The van der Waals surface area contributed by atoms with Crippen LogP contribution in [0, 0.1) is 5.92 Å². The van der Waals surface area contributed by atoms with Gasteiger partial charge in [-0.25, -0.2) is 0 Å². The first kappa shape index (κ1) is 18.4. The van der Waals surface area contributed by atoms with E-state index < -0.39 is 0 Å². The van der Waals surface area contributed by atoms with Crippen LogP contribution in [0.25, 0.3) is 0 Å². The third-order valence-electron chi connectivity index (χ3n) is 4.62. The summed E-state index contributed by atoms with van der Waals surface area (Å²) in [6.07, 6.45) is 0. The molecular weight excluding hydrogens is 433 g/mol. The Kier molecular flexibility index (Phi) is 5.51. The molecule has 3 aliphatic carbocycles. The SMILES string of the molecule is [Cl-].[Cl-].[Sb].c1ccc2c(c1)[C]1c3ccccc3C2c2ccccc21. The van der Waals surface area contributed by atoms with E-state index in [4.69, 9.17) is 0 Å². The zero-order chi connectivity index (χ0) is 13.1. The van der Waals surface area contributed by atoms with Crippen LogP contribution >= 0.6 is 0 Å². The van der Waals surface area contributed by atoms with Crippen molar-refractivity contribution in [2.24, 2.45) is 0 Å². The predicted octanol–water partition coefficient (Wildman–Crippen LogP) is -1.86. The maximum Gasteiger partial charge on any atom is 0.0638 e. The first-order chi connectivity index (χ1) is 9.95. The molecule has 0 aromatic heterocycles. The van der Waals surface area contributed by atoms with Gasteiger partial charge >= 0.3 is 0 Å². The molecule has 0 atom stereocenters. The molecule has 0 unspecified atom stereocenters. The van der Waals surface area contributed by atoms with Crippen LogP contribution in [-0.2, 0) is 0 Å². The summed E-state index contributed by atoms with van der Waals surface area (Å²) in [4.78, 5) is 0. The standard InChI is InChI=1S/C20H13.2ClH.Sb/c1-2-8-14-13(7-1)19-15-9-3-5-11-17(15)20(14)18-12-6-4-10-16(18)19;;;/h1-12,19H;2*1H;/p-2. The number of rotatable bonds is 0. The van der Waals surface area contributed by atoms with Gasteiger partial charge in [-0.3, -0.25) is 0 Å². The van der Waals surface area contributed by atoms with Gasteiger partial charge in [-0.1, -0.05) is 72.8 Å². The average Bonchev–Trinajstić information content (AvgIpc) is 2.54. The zero-order valence-corrected chi connectivity index (χ0v) is 16.3. The second-order valence-electron chi connectivity index (χ2n) is 5.57. The molecular formula is C20H13Cl2Sb-2. The molecule has 0 amide bonds. The number of benzene rings is 3. The summed E-state index contributed by atoms with van der Waals surface area (Å²) >= 11 is 0. The average molecular weight is 446 g/mol. The van der Waals surface area contributed by atoms with Gasteiger partial charge in [0, 0.05) is 30.3 Å². The molecule has 3 heteroatoms. The smallest absolute Gasteiger partial charge is 0.0638 e. The van der Waals surface area contributed by atoms with Crippen molar-refractivity contribution in [3.05, 3.63) is 112 Å². The maximum atomic E-state index is 2.28. The molecule has 4 radical (unpaired) electrons. The molecule has 0 N–H and O–H groups in total. The van der Waals surface area contributed by atoms with Gasteiger partial charge < -0.3 is 24.8 Å². The van der Waals surface area contributed by atoms with Crippen molar-refractivity contribution < 1.29 is 24.8 Å². The van der Waals surface area contributed by atoms with Gasteiger partial charge in [-0.05, 0) is 33.4 Å². The predicted molar refractivity (Wildman–Crippen MR) is 86.6 cm³/mol.